The van der Waals surface area contributed by atoms with Crippen molar-refractivity contribution in [3.05, 3.63) is 28.9 Å². The third kappa shape index (κ3) is 2.46. The summed E-state index contributed by atoms with van der Waals surface area (Å²) in [6.07, 6.45) is 3.54. The molecule has 7 heteroatoms. The van der Waals surface area contributed by atoms with Gasteiger partial charge in [0.15, 0.2) is 0 Å². The number of aromatic nitrogens is 1. The summed E-state index contributed by atoms with van der Waals surface area (Å²) in [6.45, 7) is -0.505. The summed E-state index contributed by atoms with van der Waals surface area (Å²) in [5, 5.41) is 10.5. The van der Waals surface area contributed by atoms with Gasteiger partial charge < -0.3 is 14.5 Å². The maximum atomic E-state index is 11.9. The quantitative estimate of drug-likeness (QED) is 0.575. The second kappa shape index (κ2) is 4.95. The molecular weight excluding hydrogens is 272 g/mol. The molecule has 1 saturated heterocycles. The van der Waals surface area contributed by atoms with Gasteiger partial charge in [-0.2, -0.15) is 0 Å². The number of carboxylic acid groups (broad SMARTS) is 1. The molecular formula is C11H9N2O3S2-. The Morgan fingerprint density at radius 2 is 2.33 bits per heavy atom. The van der Waals surface area contributed by atoms with Crippen LogP contribution in [0.5, 0.6) is 0 Å². The predicted molar refractivity (Wildman–Crippen MR) is 70.3 cm³/mol. The number of aliphatic carboxylic acids is 1. The molecule has 0 unspecified atom stereocenters. The summed E-state index contributed by atoms with van der Waals surface area (Å²) < 4.78 is 2.09. The molecule has 0 atom stereocenters. The van der Waals surface area contributed by atoms with Crippen molar-refractivity contribution in [2.45, 2.75) is 0 Å². The summed E-state index contributed by atoms with van der Waals surface area (Å²) in [7, 11) is 1.85. The smallest absolute Gasteiger partial charge is 0.266 e. The number of aryl methyl sites for hydroxylation is 1. The van der Waals surface area contributed by atoms with Gasteiger partial charge in [0, 0.05) is 18.9 Å². The van der Waals surface area contributed by atoms with E-state index in [-0.39, 0.29) is 4.32 Å². The van der Waals surface area contributed by atoms with E-state index in [4.69, 9.17) is 12.2 Å². The molecule has 1 aliphatic rings. The van der Waals surface area contributed by atoms with Crippen LogP contribution >= 0.6 is 24.0 Å². The Labute approximate surface area is 113 Å². The molecule has 5 nitrogen and oxygen atoms in total. The number of hydrogen-bond acceptors (Lipinski definition) is 5. The number of carboxylic acids is 1. The van der Waals surface area contributed by atoms with Crippen LogP contribution in [0.4, 0.5) is 0 Å². The molecule has 2 heterocycles. The Hall–Kier alpha value is -1.60. The summed E-state index contributed by atoms with van der Waals surface area (Å²) in [5.41, 5.74) is 0.851. The molecule has 1 aromatic heterocycles. The third-order valence-corrected chi connectivity index (χ3v) is 3.80. The lowest BCUT2D eigenvalue weighted by Gasteiger charge is -2.14. The van der Waals surface area contributed by atoms with Gasteiger partial charge in [-0.25, -0.2) is 0 Å². The Morgan fingerprint density at radius 3 is 2.89 bits per heavy atom. The van der Waals surface area contributed by atoms with Gasteiger partial charge in [0.1, 0.15) is 4.32 Å². The number of amides is 1. The highest BCUT2D eigenvalue weighted by molar-refractivity contribution is 8.26. The molecule has 94 valence electrons. The highest BCUT2D eigenvalue weighted by atomic mass is 32.2. The molecule has 1 fully saturated rings. The second-order valence-corrected chi connectivity index (χ2v) is 5.36. The number of rotatable bonds is 3. The van der Waals surface area contributed by atoms with Crippen LogP contribution in [-0.2, 0) is 16.6 Å². The molecule has 0 spiro atoms. The Morgan fingerprint density at radius 1 is 1.61 bits per heavy atom. The van der Waals surface area contributed by atoms with Crippen LogP contribution in [0.1, 0.15) is 5.69 Å². The summed E-state index contributed by atoms with van der Waals surface area (Å²) in [5.74, 6) is -1.72. The first-order chi connectivity index (χ1) is 8.49. The fourth-order valence-electron chi connectivity index (χ4n) is 1.52. The average molecular weight is 281 g/mol. The van der Waals surface area contributed by atoms with Crippen molar-refractivity contribution < 1.29 is 14.7 Å². The van der Waals surface area contributed by atoms with Crippen LogP contribution in [-0.4, -0.2) is 32.2 Å². The summed E-state index contributed by atoms with van der Waals surface area (Å²) in [4.78, 5) is 23.9. The van der Waals surface area contributed by atoms with E-state index in [2.05, 4.69) is 0 Å². The number of hydrogen-bond donors (Lipinski definition) is 0. The highest BCUT2D eigenvalue weighted by Crippen LogP contribution is 2.32. The van der Waals surface area contributed by atoms with Gasteiger partial charge in [-0.3, -0.25) is 9.69 Å². The predicted octanol–water partition coefficient (Wildman–Crippen LogP) is -0.0238. The van der Waals surface area contributed by atoms with E-state index >= 15 is 0 Å². The zero-order valence-corrected chi connectivity index (χ0v) is 11.1. The van der Waals surface area contributed by atoms with E-state index in [1.54, 1.807) is 6.08 Å². The number of carbonyl (C=O) groups is 2. The van der Waals surface area contributed by atoms with Crippen LogP contribution in [0.2, 0.25) is 0 Å². The maximum absolute atomic E-state index is 11.9. The molecule has 1 aromatic rings. The molecule has 0 N–H and O–H groups in total. The summed E-state index contributed by atoms with van der Waals surface area (Å²) in [6, 6.07) is 3.71. The average Bonchev–Trinajstić information content (AvgIpc) is 2.79. The Bertz CT molecular complexity index is 562. The van der Waals surface area contributed by atoms with Crippen LogP contribution < -0.4 is 5.11 Å². The largest absolute Gasteiger partial charge is 0.548 e. The fourth-order valence-corrected chi connectivity index (χ4v) is 2.76. The van der Waals surface area contributed by atoms with Crippen LogP contribution in [0.15, 0.2) is 23.2 Å². The van der Waals surface area contributed by atoms with Crippen LogP contribution in [0, 0.1) is 0 Å². The first kappa shape index (κ1) is 12.8. The third-order valence-electron chi connectivity index (χ3n) is 2.42. The molecule has 0 aromatic carbocycles. The van der Waals surface area contributed by atoms with Crippen molar-refractivity contribution in [2.75, 3.05) is 6.54 Å². The van der Waals surface area contributed by atoms with Gasteiger partial charge in [-0.1, -0.05) is 24.0 Å². The van der Waals surface area contributed by atoms with E-state index in [0.717, 1.165) is 22.4 Å². The van der Waals surface area contributed by atoms with Crippen molar-refractivity contribution >= 4 is 46.3 Å². The van der Waals surface area contributed by atoms with Gasteiger partial charge in [0.25, 0.3) is 5.91 Å². The lowest BCUT2D eigenvalue weighted by molar-refractivity contribution is -0.305. The van der Waals surface area contributed by atoms with Gasteiger partial charge in [0.05, 0.1) is 17.4 Å². The number of carbonyl (C=O) groups excluding carboxylic acids is 2. The van der Waals surface area contributed by atoms with Crippen molar-refractivity contribution in [1.29, 1.82) is 0 Å². The Kier molecular flexibility index (Phi) is 3.53. The van der Waals surface area contributed by atoms with Gasteiger partial charge in [-0.15, -0.1) is 0 Å². The molecule has 1 amide bonds. The van der Waals surface area contributed by atoms with Crippen LogP contribution in [0.25, 0.3) is 6.08 Å². The van der Waals surface area contributed by atoms with E-state index < -0.39 is 18.4 Å². The van der Waals surface area contributed by atoms with E-state index in [0.29, 0.717) is 4.91 Å². The maximum Gasteiger partial charge on any atom is 0.266 e. The highest BCUT2D eigenvalue weighted by Gasteiger charge is 2.31. The van der Waals surface area contributed by atoms with Gasteiger partial charge in [-0.05, 0) is 18.2 Å². The first-order valence-corrected chi connectivity index (χ1v) is 6.28. The van der Waals surface area contributed by atoms with Gasteiger partial charge >= 0.3 is 0 Å². The molecule has 0 bridgehead atoms. The molecule has 0 radical (unpaired) electrons. The fraction of sp³-hybridized carbons (Fsp3) is 0.182. The number of thiocarbonyl (C=S) groups is 1. The lowest BCUT2D eigenvalue weighted by atomic mass is 10.3. The van der Waals surface area contributed by atoms with E-state index in [1.165, 1.54) is 0 Å². The lowest BCUT2D eigenvalue weighted by Crippen LogP contribution is -2.40. The van der Waals surface area contributed by atoms with Gasteiger partial charge in [0.2, 0.25) is 0 Å². The molecule has 18 heavy (non-hydrogen) atoms. The molecule has 2 rings (SSSR count). The summed E-state index contributed by atoms with van der Waals surface area (Å²) >= 11 is 6.07. The Balaban J connectivity index is 2.25. The second-order valence-electron chi connectivity index (χ2n) is 3.68. The number of thioether (sulfide) groups is 1. The van der Waals surface area contributed by atoms with E-state index in [9.17, 15) is 14.7 Å². The van der Waals surface area contributed by atoms with Crippen molar-refractivity contribution in [1.82, 2.24) is 9.47 Å². The standard InChI is InChI=1S/C11H10N2O3S2/c1-12-4-2-3-7(12)5-8-10(16)13(6-9(14)15)11(17)18-8/h2-5H,6H2,1H3,(H,14,15)/p-1/b8-5-. The zero-order valence-electron chi connectivity index (χ0n) is 9.45. The van der Waals surface area contributed by atoms with Crippen molar-refractivity contribution in [3.8, 4) is 0 Å². The number of nitrogens with zero attached hydrogens (tertiary/aromatic N) is 2. The zero-order chi connectivity index (χ0) is 13.3. The molecule has 0 aliphatic carbocycles. The minimum atomic E-state index is -1.33. The first-order valence-electron chi connectivity index (χ1n) is 5.05. The minimum absolute atomic E-state index is 0.240. The van der Waals surface area contributed by atoms with Crippen molar-refractivity contribution in [2.24, 2.45) is 7.05 Å². The minimum Gasteiger partial charge on any atom is -0.548 e. The SMILES string of the molecule is Cn1cccc1/C=C1\SC(=S)N(CC(=O)[O-])C1=O. The van der Waals surface area contributed by atoms with Crippen molar-refractivity contribution in [3.63, 3.8) is 0 Å². The normalized spacial score (nSPS) is 17.8. The molecule has 0 saturated carbocycles. The van der Waals surface area contributed by atoms with Crippen LogP contribution in [0.3, 0.4) is 0 Å². The van der Waals surface area contributed by atoms with E-state index in [1.807, 2.05) is 29.9 Å². The monoisotopic (exact) mass is 281 g/mol. The molecule has 1 aliphatic heterocycles. The topological polar surface area (TPSA) is 65.4 Å².